The number of amides is 1. The zero-order chi connectivity index (χ0) is 24.4. The Labute approximate surface area is 221 Å². The quantitative estimate of drug-likeness (QED) is 0.287. The number of likely N-dealkylation sites (tertiary alicyclic amines) is 1. The SMILES string of the molecule is CC(C)N1CCC(NC(=O)Oc2cc(-c3cccs3)nn2Cc2ncsc2-c2ccc(Cl)s2)CC1. The average molecular weight is 548 g/mol. The van der Waals surface area contributed by atoms with Crippen molar-refractivity contribution in [1.82, 2.24) is 25.0 Å². The maximum absolute atomic E-state index is 12.8. The topological polar surface area (TPSA) is 72.3 Å². The van der Waals surface area contributed by atoms with E-state index in [2.05, 4.69) is 29.0 Å². The van der Waals surface area contributed by atoms with Gasteiger partial charge in [-0.15, -0.1) is 34.0 Å². The summed E-state index contributed by atoms with van der Waals surface area (Å²) in [7, 11) is 0. The highest BCUT2D eigenvalue weighted by molar-refractivity contribution is 7.23. The van der Waals surface area contributed by atoms with Crippen molar-refractivity contribution >= 4 is 51.7 Å². The molecule has 0 spiro atoms. The Kier molecular flexibility index (Phi) is 7.54. The molecule has 1 N–H and O–H groups in total. The van der Waals surface area contributed by atoms with Gasteiger partial charge in [0.25, 0.3) is 0 Å². The summed E-state index contributed by atoms with van der Waals surface area (Å²) in [5.41, 5.74) is 3.45. The van der Waals surface area contributed by atoms with Crippen molar-refractivity contribution in [1.29, 1.82) is 0 Å². The summed E-state index contributed by atoms with van der Waals surface area (Å²) in [6.07, 6.45) is 1.38. The first-order valence-corrected chi connectivity index (χ1v) is 14.4. The van der Waals surface area contributed by atoms with Gasteiger partial charge >= 0.3 is 6.09 Å². The number of hydrogen-bond acceptors (Lipinski definition) is 8. The molecule has 4 aromatic rings. The summed E-state index contributed by atoms with van der Waals surface area (Å²) in [5, 5.41) is 9.80. The molecule has 35 heavy (non-hydrogen) atoms. The van der Waals surface area contributed by atoms with Crippen molar-refractivity contribution < 1.29 is 9.53 Å². The number of nitrogens with zero attached hydrogens (tertiary/aromatic N) is 4. The molecule has 1 aliphatic heterocycles. The minimum Gasteiger partial charge on any atom is -0.392 e. The number of piperidine rings is 1. The lowest BCUT2D eigenvalue weighted by atomic mass is 10.0. The van der Waals surface area contributed by atoms with Gasteiger partial charge in [-0.05, 0) is 50.3 Å². The van der Waals surface area contributed by atoms with Crippen molar-refractivity contribution in [3.05, 3.63) is 51.3 Å². The highest BCUT2D eigenvalue weighted by Crippen LogP contribution is 2.36. The second-order valence-corrected chi connectivity index (χ2v) is 12.2. The van der Waals surface area contributed by atoms with Crippen LogP contribution in [0.15, 0.2) is 41.2 Å². The number of halogens is 1. The highest BCUT2D eigenvalue weighted by atomic mass is 35.5. The van der Waals surface area contributed by atoms with Crippen LogP contribution in [-0.4, -0.2) is 50.9 Å². The molecule has 4 aromatic heterocycles. The van der Waals surface area contributed by atoms with Crippen LogP contribution in [0.3, 0.4) is 0 Å². The molecule has 1 saturated heterocycles. The predicted molar refractivity (Wildman–Crippen MR) is 144 cm³/mol. The van der Waals surface area contributed by atoms with Crippen LogP contribution in [0.1, 0.15) is 32.4 Å². The van der Waals surface area contributed by atoms with Crippen molar-refractivity contribution in [2.24, 2.45) is 0 Å². The van der Waals surface area contributed by atoms with Crippen molar-refractivity contribution in [2.45, 2.75) is 45.3 Å². The molecule has 5 rings (SSSR count). The predicted octanol–water partition coefficient (Wildman–Crippen LogP) is 6.46. The Hall–Kier alpha value is -2.24. The van der Waals surface area contributed by atoms with E-state index in [1.165, 1.54) is 11.3 Å². The van der Waals surface area contributed by atoms with Crippen molar-refractivity contribution in [3.63, 3.8) is 0 Å². The number of hydrogen-bond donors (Lipinski definition) is 1. The molecule has 5 heterocycles. The summed E-state index contributed by atoms with van der Waals surface area (Å²) >= 11 is 10.8. The minimum absolute atomic E-state index is 0.111. The molecule has 0 aliphatic carbocycles. The first-order valence-electron chi connectivity index (χ1n) is 11.5. The first kappa shape index (κ1) is 24.5. The lowest BCUT2D eigenvalue weighted by molar-refractivity contribution is 0.151. The Bertz CT molecular complexity index is 1270. The van der Waals surface area contributed by atoms with Gasteiger partial charge in [0, 0.05) is 36.1 Å². The van der Waals surface area contributed by atoms with Crippen LogP contribution in [0.4, 0.5) is 4.79 Å². The zero-order valence-corrected chi connectivity index (χ0v) is 22.6. The smallest absolute Gasteiger partial charge is 0.392 e. The molecule has 0 radical (unpaired) electrons. The first-order chi connectivity index (χ1) is 17.0. The average Bonchev–Trinajstić information content (AvgIpc) is 3.62. The van der Waals surface area contributed by atoms with Gasteiger partial charge in [0.15, 0.2) is 0 Å². The molecule has 0 aromatic carbocycles. The summed E-state index contributed by atoms with van der Waals surface area (Å²) < 4.78 is 8.24. The fourth-order valence-electron chi connectivity index (χ4n) is 4.15. The molecule has 7 nitrogen and oxygen atoms in total. The summed E-state index contributed by atoms with van der Waals surface area (Å²) in [5.74, 6) is 0.397. The molecule has 0 unspecified atom stereocenters. The fourth-order valence-corrected chi connectivity index (χ4v) is 6.83. The largest absolute Gasteiger partial charge is 0.414 e. The summed E-state index contributed by atoms with van der Waals surface area (Å²) in [6.45, 7) is 6.74. The van der Waals surface area contributed by atoms with Gasteiger partial charge in [-0.1, -0.05) is 17.7 Å². The minimum atomic E-state index is -0.449. The Morgan fingerprint density at radius 2 is 2.06 bits per heavy atom. The zero-order valence-electron chi connectivity index (χ0n) is 19.4. The molecular formula is C24H26ClN5O2S3. The van der Waals surface area contributed by atoms with E-state index < -0.39 is 6.09 Å². The summed E-state index contributed by atoms with van der Waals surface area (Å²) in [4.78, 5) is 22.9. The van der Waals surface area contributed by atoms with E-state index in [4.69, 9.17) is 21.4 Å². The Morgan fingerprint density at radius 1 is 1.23 bits per heavy atom. The van der Waals surface area contributed by atoms with Crippen LogP contribution in [0.5, 0.6) is 5.88 Å². The lowest BCUT2D eigenvalue weighted by Crippen LogP contribution is -2.47. The van der Waals surface area contributed by atoms with Crippen molar-refractivity contribution in [3.8, 4) is 26.2 Å². The van der Waals surface area contributed by atoms with Gasteiger partial charge in [0.2, 0.25) is 5.88 Å². The van der Waals surface area contributed by atoms with Crippen LogP contribution in [0.2, 0.25) is 4.34 Å². The number of rotatable bonds is 7. The van der Waals surface area contributed by atoms with E-state index in [-0.39, 0.29) is 6.04 Å². The van der Waals surface area contributed by atoms with Crippen LogP contribution < -0.4 is 10.1 Å². The molecule has 184 valence electrons. The van der Waals surface area contributed by atoms with Crippen LogP contribution in [-0.2, 0) is 6.54 Å². The molecule has 0 saturated carbocycles. The number of nitrogens with one attached hydrogen (secondary N) is 1. The Morgan fingerprint density at radius 3 is 2.74 bits per heavy atom. The van der Waals surface area contributed by atoms with Crippen LogP contribution in [0.25, 0.3) is 20.3 Å². The summed E-state index contributed by atoms with van der Waals surface area (Å²) in [6, 6.07) is 10.3. The second-order valence-electron chi connectivity index (χ2n) is 8.67. The normalized spacial score (nSPS) is 15.1. The second kappa shape index (κ2) is 10.8. The van der Waals surface area contributed by atoms with Gasteiger partial charge in [-0.3, -0.25) is 0 Å². The molecule has 0 bridgehead atoms. The fraction of sp³-hybridized carbons (Fsp3) is 0.375. The standard InChI is InChI=1S/C24H26ClN5O2S3/c1-15(2)29-9-7-16(8-10-29)27-24(31)32-22-12-17(19-4-3-11-33-19)28-30(22)13-18-23(34-14-26-18)20-5-6-21(25)35-20/h3-6,11-12,14-16H,7-10,13H2,1-2H3,(H,27,31). The molecule has 1 fully saturated rings. The number of thiazole rings is 1. The van der Waals surface area contributed by atoms with Crippen LogP contribution in [0, 0.1) is 0 Å². The van der Waals surface area contributed by atoms with Gasteiger partial charge < -0.3 is 15.0 Å². The van der Waals surface area contributed by atoms with Crippen molar-refractivity contribution in [2.75, 3.05) is 13.1 Å². The van der Waals surface area contributed by atoms with E-state index in [0.717, 1.165) is 56.3 Å². The molecule has 0 atom stereocenters. The number of aromatic nitrogens is 3. The van der Waals surface area contributed by atoms with E-state index in [0.29, 0.717) is 18.5 Å². The lowest BCUT2D eigenvalue weighted by Gasteiger charge is -2.34. The monoisotopic (exact) mass is 547 g/mol. The highest BCUT2D eigenvalue weighted by Gasteiger charge is 2.24. The Balaban J connectivity index is 1.33. The number of ether oxygens (including phenoxy) is 1. The third-order valence-corrected chi connectivity index (χ3v) is 9.21. The van der Waals surface area contributed by atoms with E-state index in [1.807, 2.05) is 41.2 Å². The molecule has 11 heteroatoms. The third-order valence-electron chi connectivity index (χ3n) is 6.03. The van der Waals surface area contributed by atoms with E-state index >= 15 is 0 Å². The third kappa shape index (κ3) is 5.78. The van der Waals surface area contributed by atoms with Gasteiger partial charge in [0.05, 0.1) is 31.8 Å². The number of carbonyl (C=O) groups excluding carboxylic acids is 1. The number of thiophene rings is 2. The van der Waals surface area contributed by atoms with Crippen LogP contribution >= 0.6 is 45.6 Å². The number of carbonyl (C=O) groups is 1. The maximum Gasteiger partial charge on any atom is 0.414 e. The maximum atomic E-state index is 12.8. The molecule has 1 amide bonds. The van der Waals surface area contributed by atoms with Gasteiger partial charge in [-0.2, -0.15) is 5.10 Å². The van der Waals surface area contributed by atoms with E-state index in [1.54, 1.807) is 27.4 Å². The molecular weight excluding hydrogens is 522 g/mol. The molecule has 1 aliphatic rings. The van der Waals surface area contributed by atoms with Gasteiger partial charge in [0.1, 0.15) is 5.69 Å². The van der Waals surface area contributed by atoms with Gasteiger partial charge in [-0.25, -0.2) is 14.5 Å². The van der Waals surface area contributed by atoms with E-state index in [9.17, 15) is 4.79 Å².